The maximum Gasteiger partial charge on any atom is 0.0684 e. The lowest BCUT2D eigenvalue weighted by atomic mass is 10.2. The molecule has 2 heteroatoms. The fraction of sp³-hybridized carbons (Fsp3) is 0.400. The van der Waals surface area contributed by atoms with E-state index in [2.05, 4.69) is 5.32 Å². The molecular weight excluding hydrogens is 150 g/mol. The molecule has 0 amide bonds. The molecule has 66 valence electrons. The molecule has 0 spiro atoms. The van der Waals surface area contributed by atoms with Gasteiger partial charge < -0.3 is 10.4 Å². The average molecular weight is 165 g/mol. The third kappa shape index (κ3) is 2.55. The van der Waals surface area contributed by atoms with Crippen LogP contribution in [0.1, 0.15) is 12.5 Å². The Bertz CT molecular complexity index is 245. The van der Waals surface area contributed by atoms with Crippen LogP contribution in [0.2, 0.25) is 0 Å². The van der Waals surface area contributed by atoms with Crippen molar-refractivity contribution >= 4 is 5.69 Å². The zero-order chi connectivity index (χ0) is 8.97. The Morgan fingerprint density at radius 2 is 2.08 bits per heavy atom. The summed E-state index contributed by atoms with van der Waals surface area (Å²) in [6.07, 6.45) is -0.301. The highest BCUT2D eigenvalue weighted by atomic mass is 16.3. The van der Waals surface area contributed by atoms with E-state index < -0.39 is 0 Å². The lowest BCUT2D eigenvalue weighted by Gasteiger charge is -2.10. The van der Waals surface area contributed by atoms with Gasteiger partial charge in [-0.3, -0.25) is 0 Å². The van der Waals surface area contributed by atoms with Crippen molar-refractivity contribution in [3.05, 3.63) is 29.8 Å². The quantitative estimate of drug-likeness (QED) is 0.715. The third-order valence-electron chi connectivity index (χ3n) is 1.73. The SMILES string of the molecule is Cc1ccccc1NC[C@@H](C)O. The van der Waals surface area contributed by atoms with Crippen LogP contribution in [0.25, 0.3) is 0 Å². The summed E-state index contributed by atoms with van der Waals surface area (Å²) in [7, 11) is 0. The number of para-hydroxylation sites is 1. The number of benzene rings is 1. The van der Waals surface area contributed by atoms with Crippen molar-refractivity contribution in [2.75, 3.05) is 11.9 Å². The van der Waals surface area contributed by atoms with Crippen LogP contribution in [0.4, 0.5) is 5.69 Å². The first kappa shape index (κ1) is 9.07. The van der Waals surface area contributed by atoms with E-state index in [9.17, 15) is 0 Å². The Labute approximate surface area is 73.2 Å². The van der Waals surface area contributed by atoms with Gasteiger partial charge in [-0.25, -0.2) is 0 Å². The van der Waals surface area contributed by atoms with Crippen LogP contribution in [0.5, 0.6) is 0 Å². The van der Waals surface area contributed by atoms with Crippen molar-refractivity contribution in [1.82, 2.24) is 0 Å². The summed E-state index contributed by atoms with van der Waals surface area (Å²) in [4.78, 5) is 0. The van der Waals surface area contributed by atoms with Crippen molar-refractivity contribution in [2.45, 2.75) is 20.0 Å². The number of hydrogen-bond acceptors (Lipinski definition) is 2. The van der Waals surface area contributed by atoms with Crippen molar-refractivity contribution in [3.63, 3.8) is 0 Å². The molecular formula is C10H15NO. The summed E-state index contributed by atoms with van der Waals surface area (Å²) in [6, 6.07) is 8.04. The average Bonchev–Trinajstić information content (AvgIpc) is 2.03. The first-order valence-corrected chi connectivity index (χ1v) is 4.17. The molecule has 0 heterocycles. The Hall–Kier alpha value is -1.02. The van der Waals surface area contributed by atoms with E-state index in [0.717, 1.165) is 5.69 Å². The highest BCUT2D eigenvalue weighted by Gasteiger charge is 1.97. The van der Waals surface area contributed by atoms with E-state index in [-0.39, 0.29) is 6.10 Å². The number of rotatable bonds is 3. The van der Waals surface area contributed by atoms with Crippen LogP contribution in [-0.2, 0) is 0 Å². The van der Waals surface area contributed by atoms with Crippen LogP contribution in [0.15, 0.2) is 24.3 Å². The molecule has 1 rings (SSSR count). The molecule has 0 fully saturated rings. The predicted octanol–water partition coefficient (Wildman–Crippen LogP) is 1.79. The standard InChI is InChI=1S/C10H15NO/c1-8-5-3-4-6-10(8)11-7-9(2)12/h3-6,9,11-12H,7H2,1-2H3/t9-/m1/s1. The zero-order valence-corrected chi connectivity index (χ0v) is 7.54. The second kappa shape index (κ2) is 4.12. The summed E-state index contributed by atoms with van der Waals surface area (Å²) in [5, 5.41) is 12.2. The van der Waals surface area contributed by atoms with Gasteiger partial charge in [-0.05, 0) is 25.5 Å². The Morgan fingerprint density at radius 3 is 2.67 bits per heavy atom. The first-order chi connectivity index (χ1) is 5.70. The topological polar surface area (TPSA) is 32.3 Å². The molecule has 1 atom stereocenters. The maximum atomic E-state index is 9.04. The summed E-state index contributed by atoms with van der Waals surface area (Å²) < 4.78 is 0. The van der Waals surface area contributed by atoms with Gasteiger partial charge in [0.25, 0.3) is 0 Å². The molecule has 0 aliphatic rings. The van der Waals surface area contributed by atoms with Gasteiger partial charge in [0.2, 0.25) is 0 Å². The van der Waals surface area contributed by atoms with E-state index in [4.69, 9.17) is 5.11 Å². The molecule has 2 nitrogen and oxygen atoms in total. The molecule has 0 radical (unpaired) electrons. The summed E-state index contributed by atoms with van der Waals surface area (Å²) in [6.45, 7) is 4.42. The van der Waals surface area contributed by atoms with Crippen molar-refractivity contribution < 1.29 is 5.11 Å². The number of aryl methyl sites for hydroxylation is 1. The van der Waals surface area contributed by atoms with Gasteiger partial charge >= 0.3 is 0 Å². The van der Waals surface area contributed by atoms with Gasteiger partial charge in [-0.1, -0.05) is 18.2 Å². The van der Waals surface area contributed by atoms with E-state index in [0.29, 0.717) is 6.54 Å². The highest BCUT2D eigenvalue weighted by molar-refractivity contribution is 5.50. The number of hydrogen-bond donors (Lipinski definition) is 2. The molecule has 1 aromatic carbocycles. The largest absolute Gasteiger partial charge is 0.392 e. The monoisotopic (exact) mass is 165 g/mol. The third-order valence-corrected chi connectivity index (χ3v) is 1.73. The van der Waals surface area contributed by atoms with E-state index in [1.807, 2.05) is 31.2 Å². The van der Waals surface area contributed by atoms with Gasteiger partial charge in [-0.15, -0.1) is 0 Å². The normalized spacial score (nSPS) is 12.6. The first-order valence-electron chi connectivity index (χ1n) is 4.17. The number of aliphatic hydroxyl groups excluding tert-OH is 1. The lowest BCUT2D eigenvalue weighted by molar-refractivity contribution is 0.208. The highest BCUT2D eigenvalue weighted by Crippen LogP contribution is 2.12. The van der Waals surface area contributed by atoms with Crippen LogP contribution >= 0.6 is 0 Å². The van der Waals surface area contributed by atoms with Gasteiger partial charge in [0, 0.05) is 12.2 Å². The number of nitrogens with one attached hydrogen (secondary N) is 1. The number of aliphatic hydroxyl groups is 1. The second-order valence-corrected chi connectivity index (χ2v) is 3.04. The molecule has 0 aromatic heterocycles. The molecule has 0 bridgehead atoms. The minimum atomic E-state index is -0.301. The van der Waals surface area contributed by atoms with E-state index in [1.54, 1.807) is 6.92 Å². The Kier molecular flexibility index (Phi) is 3.11. The van der Waals surface area contributed by atoms with Crippen LogP contribution < -0.4 is 5.32 Å². The smallest absolute Gasteiger partial charge is 0.0684 e. The van der Waals surface area contributed by atoms with Gasteiger partial charge in [0.05, 0.1) is 6.10 Å². The second-order valence-electron chi connectivity index (χ2n) is 3.04. The molecule has 2 N–H and O–H groups in total. The van der Waals surface area contributed by atoms with Gasteiger partial charge in [-0.2, -0.15) is 0 Å². The minimum Gasteiger partial charge on any atom is -0.392 e. The lowest BCUT2D eigenvalue weighted by Crippen LogP contribution is -2.15. The molecule has 0 unspecified atom stereocenters. The fourth-order valence-corrected chi connectivity index (χ4v) is 1.03. The van der Waals surface area contributed by atoms with Crippen LogP contribution in [0, 0.1) is 6.92 Å². The van der Waals surface area contributed by atoms with E-state index in [1.165, 1.54) is 5.56 Å². The molecule has 0 saturated carbocycles. The van der Waals surface area contributed by atoms with Gasteiger partial charge in [0.15, 0.2) is 0 Å². The van der Waals surface area contributed by atoms with Crippen molar-refractivity contribution in [2.24, 2.45) is 0 Å². The molecule has 12 heavy (non-hydrogen) atoms. The minimum absolute atomic E-state index is 0.301. The molecule has 0 aliphatic heterocycles. The van der Waals surface area contributed by atoms with Crippen molar-refractivity contribution in [3.8, 4) is 0 Å². The Balaban J connectivity index is 2.57. The van der Waals surface area contributed by atoms with Crippen LogP contribution in [0.3, 0.4) is 0 Å². The zero-order valence-electron chi connectivity index (χ0n) is 7.54. The molecule has 0 aliphatic carbocycles. The molecule has 1 aromatic rings. The van der Waals surface area contributed by atoms with Crippen LogP contribution in [-0.4, -0.2) is 17.8 Å². The van der Waals surface area contributed by atoms with E-state index >= 15 is 0 Å². The number of anilines is 1. The predicted molar refractivity (Wildman–Crippen MR) is 51.3 cm³/mol. The summed E-state index contributed by atoms with van der Waals surface area (Å²) in [5.41, 5.74) is 2.30. The Morgan fingerprint density at radius 1 is 1.42 bits per heavy atom. The maximum absolute atomic E-state index is 9.04. The fourth-order valence-electron chi connectivity index (χ4n) is 1.03. The molecule has 0 saturated heterocycles. The van der Waals surface area contributed by atoms with Gasteiger partial charge in [0.1, 0.15) is 0 Å². The van der Waals surface area contributed by atoms with Crippen molar-refractivity contribution in [1.29, 1.82) is 0 Å². The summed E-state index contributed by atoms with van der Waals surface area (Å²) >= 11 is 0. The summed E-state index contributed by atoms with van der Waals surface area (Å²) in [5.74, 6) is 0.